The molecule has 2 aromatic carbocycles. The molecule has 2 aromatic rings. The van der Waals surface area contributed by atoms with Gasteiger partial charge in [0.15, 0.2) is 11.6 Å². The highest BCUT2D eigenvalue weighted by molar-refractivity contribution is 6.20. The maximum atomic E-state index is 13.1. The number of phenols is 1. The minimum atomic E-state index is -1.33. The third kappa shape index (κ3) is 3.37. The Morgan fingerprint density at radius 3 is 2.39 bits per heavy atom. The number of carbonyl (C=O) groups excluding carboxylic acids is 2. The van der Waals surface area contributed by atoms with Crippen molar-refractivity contribution in [2.45, 2.75) is 66.7 Å². The zero-order valence-corrected chi connectivity index (χ0v) is 22.9. The number of aliphatic hydroxyl groups is 2. The van der Waals surface area contributed by atoms with Gasteiger partial charge in [0.1, 0.15) is 17.3 Å². The van der Waals surface area contributed by atoms with Gasteiger partial charge in [0.2, 0.25) is 0 Å². The van der Waals surface area contributed by atoms with E-state index in [1.807, 2.05) is 13.0 Å². The van der Waals surface area contributed by atoms with Crippen LogP contribution in [0.4, 0.5) is 0 Å². The van der Waals surface area contributed by atoms with E-state index in [1.54, 1.807) is 13.0 Å². The zero-order chi connectivity index (χ0) is 27.8. The Morgan fingerprint density at radius 2 is 1.74 bits per heavy atom. The summed E-state index contributed by atoms with van der Waals surface area (Å²) in [5, 5.41) is 34.3. The molecule has 38 heavy (non-hydrogen) atoms. The SMILES string of the molecule is C=C1C2=C(O)[C@]3(C)C(O)=C(C(C)=O)C(=O)C[C@]3(C)C[C@]2(C)Cc2c(-c3cccc(CCC)c3)ccc(O)c21. The molecule has 3 N–H and O–H groups in total. The number of Topliss-reactive ketones (excluding diaryl/α,β-unsaturated/α-hetero) is 2. The topological polar surface area (TPSA) is 94.8 Å². The Hall–Kier alpha value is -3.60. The Kier molecular flexibility index (Phi) is 5.79. The second-order valence-electron chi connectivity index (χ2n) is 12.1. The van der Waals surface area contributed by atoms with Crippen LogP contribution in [0.3, 0.4) is 0 Å². The fourth-order valence-corrected chi connectivity index (χ4v) is 7.56. The molecule has 0 saturated carbocycles. The molecule has 3 atom stereocenters. The lowest BCUT2D eigenvalue weighted by Gasteiger charge is -2.58. The molecule has 5 nitrogen and oxygen atoms in total. The first-order valence-corrected chi connectivity index (χ1v) is 13.3. The first kappa shape index (κ1) is 26.0. The van der Waals surface area contributed by atoms with Crippen molar-refractivity contribution in [3.63, 3.8) is 0 Å². The molecule has 0 spiro atoms. The first-order valence-electron chi connectivity index (χ1n) is 13.3. The van der Waals surface area contributed by atoms with Crippen LogP contribution in [0.15, 0.2) is 65.6 Å². The molecule has 5 rings (SSSR count). The molecule has 0 amide bonds. The standard InChI is InChI=1S/C33H36O5/c1-7-9-20-10-8-11-21(14-20)22-12-13-24(35)26-18(2)28-30(38)33(6)29(37)27(19(3)34)25(36)16-32(33,5)17-31(28,4)15-23(22)26/h8,10-14,35,37-38H,2,7,9,15-17H2,1,3-6H3/t31-,32+,33-/m0/s1. The largest absolute Gasteiger partial charge is 0.511 e. The molecule has 0 aromatic heterocycles. The summed E-state index contributed by atoms with van der Waals surface area (Å²) in [6, 6.07) is 12.1. The molecule has 0 saturated heterocycles. The van der Waals surface area contributed by atoms with Gasteiger partial charge in [-0.05, 0) is 72.4 Å². The average molecular weight is 513 g/mol. The number of rotatable bonds is 4. The van der Waals surface area contributed by atoms with Crippen LogP contribution in [0.2, 0.25) is 0 Å². The van der Waals surface area contributed by atoms with Gasteiger partial charge in [0.05, 0.1) is 11.0 Å². The van der Waals surface area contributed by atoms with Crippen molar-refractivity contribution in [2.24, 2.45) is 16.2 Å². The smallest absolute Gasteiger partial charge is 0.170 e. The maximum absolute atomic E-state index is 13.1. The lowest BCUT2D eigenvalue weighted by Crippen LogP contribution is -2.54. The monoisotopic (exact) mass is 512 g/mol. The lowest BCUT2D eigenvalue weighted by molar-refractivity contribution is -0.128. The summed E-state index contributed by atoms with van der Waals surface area (Å²) in [5.41, 5.74) is 2.94. The second kappa shape index (κ2) is 8.45. The number of carbonyl (C=O) groups is 2. The van der Waals surface area contributed by atoms with Gasteiger partial charge >= 0.3 is 0 Å². The van der Waals surface area contributed by atoms with Gasteiger partial charge in [-0.2, -0.15) is 0 Å². The normalized spacial score (nSPS) is 28.7. The van der Waals surface area contributed by atoms with Crippen LogP contribution in [0.5, 0.6) is 5.75 Å². The number of allylic oxidation sites excluding steroid dienone is 3. The average Bonchev–Trinajstić information content (AvgIpc) is 2.81. The summed E-state index contributed by atoms with van der Waals surface area (Å²) in [7, 11) is 0. The number of aryl methyl sites for hydroxylation is 1. The second-order valence-corrected chi connectivity index (χ2v) is 12.1. The van der Waals surface area contributed by atoms with Crippen LogP contribution in [-0.4, -0.2) is 26.9 Å². The zero-order valence-electron chi connectivity index (χ0n) is 22.9. The number of aliphatic hydroxyl groups excluding tert-OH is 2. The number of phenolic OH excluding ortho intramolecular Hbond substituents is 1. The fourth-order valence-electron chi connectivity index (χ4n) is 7.56. The summed E-state index contributed by atoms with van der Waals surface area (Å²) in [6.07, 6.45) is 3.07. The molecule has 0 aliphatic heterocycles. The van der Waals surface area contributed by atoms with Crippen LogP contribution < -0.4 is 0 Å². The quantitative estimate of drug-likeness (QED) is 0.377. The van der Waals surface area contributed by atoms with E-state index in [0.29, 0.717) is 29.6 Å². The highest BCUT2D eigenvalue weighted by atomic mass is 16.3. The molecular weight excluding hydrogens is 476 g/mol. The van der Waals surface area contributed by atoms with Gasteiger partial charge in [-0.25, -0.2) is 0 Å². The van der Waals surface area contributed by atoms with Crippen LogP contribution in [-0.2, 0) is 22.4 Å². The van der Waals surface area contributed by atoms with Gasteiger partial charge in [-0.3, -0.25) is 9.59 Å². The number of hydrogen-bond acceptors (Lipinski definition) is 5. The summed E-state index contributed by atoms with van der Waals surface area (Å²) < 4.78 is 0. The molecule has 0 radical (unpaired) electrons. The molecule has 0 fully saturated rings. The Morgan fingerprint density at radius 1 is 1.03 bits per heavy atom. The van der Waals surface area contributed by atoms with Crippen LogP contribution in [0.25, 0.3) is 16.7 Å². The molecule has 3 aliphatic rings. The van der Waals surface area contributed by atoms with E-state index < -0.39 is 27.8 Å². The van der Waals surface area contributed by atoms with Crippen molar-refractivity contribution in [3.8, 4) is 16.9 Å². The van der Waals surface area contributed by atoms with E-state index in [4.69, 9.17) is 0 Å². The van der Waals surface area contributed by atoms with E-state index in [-0.39, 0.29) is 29.3 Å². The van der Waals surface area contributed by atoms with Crippen LogP contribution in [0.1, 0.15) is 70.6 Å². The van der Waals surface area contributed by atoms with E-state index in [9.17, 15) is 24.9 Å². The maximum Gasteiger partial charge on any atom is 0.170 e. The number of ketones is 2. The van der Waals surface area contributed by atoms with Crippen molar-refractivity contribution >= 4 is 17.1 Å². The van der Waals surface area contributed by atoms with Crippen molar-refractivity contribution in [2.75, 3.05) is 0 Å². The van der Waals surface area contributed by atoms with Gasteiger partial charge < -0.3 is 15.3 Å². The number of aromatic hydroxyl groups is 1. The van der Waals surface area contributed by atoms with Crippen molar-refractivity contribution in [1.29, 1.82) is 0 Å². The highest BCUT2D eigenvalue weighted by Crippen LogP contribution is 2.68. The predicted octanol–water partition coefficient (Wildman–Crippen LogP) is 7.19. The minimum Gasteiger partial charge on any atom is -0.511 e. The number of benzene rings is 2. The predicted molar refractivity (Wildman–Crippen MR) is 149 cm³/mol. The van der Waals surface area contributed by atoms with Gasteiger partial charge in [-0.1, -0.05) is 64.1 Å². The fraction of sp³-hybridized carbons (Fsp3) is 0.394. The Labute approximate surface area is 224 Å². The molecule has 0 bridgehead atoms. The van der Waals surface area contributed by atoms with E-state index in [2.05, 4.69) is 44.7 Å². The summed E-state index contributed by atoms with van der Waals surface area (Å²) in [6.45, 7) is 13.4. The summed E-state index contributed by atoms with van der Waals surface area (Å²) in [5.74, 6) is -1.27. The highest BCUT2D eigenvalue weighted by Gasteiger charge is 2.64. The van der Waals surface area contributed by atoms with Crippen molar-refractivity contribution in [1.82, 2.24) is 0 Å². The van der Waals surface area contributed by atoms with Crippen molar-refractivity contribution < 1.29 is 24.9 Å². The molecule has 0 heterocycles. The summed E-state index contributed by atoms with van der Waals surface area (Å²) >= 11 is 0. The molecule has 198 valence electrons. The lowest BCUT2D eigenvalue weighted by atomic mass is 9.45. The van der Waals surface area contributed by atoms with Gasteiger partial charge in [0, 0.05) is 23.0 Å². The Balaban J connectivity index is 1.76. The first-order chi connectivity index (χ1) is 17.8. The molecule has 5 heteroatoms. The van der Waals surface area contributed by atoms with E-state index in [0.717, 1.165) is 29.5 Å². The van der Waals surface area contributed by atoms with Gasteiger partial charge in [0.25, 0.3) is 0 Å². The Bertz CT molecular complexity index is 1490. The van der Waals surface area contributed by atoms with Gasteiger partial charge in [-0.15, -0.1) is 0 Å². The number of fused-ring (bicyclic) bond motifs is 3. The third-order valence-electron chi connectivity index (χ3n) is 9.43. The number of hydrogen-bond donors (Lipinski definition) is 3. The minimum absolute atomic E-state index is 0.0424. The molecule has 3 aliphatic carbocycles. The summed E-state index contributed by atoms with van der Waals surface area (Å²) in [4.78, 5) is 25.4. The van der Waals surface area contributed by atoms with Crippen LogP contribution in [0, 0.1) is 16.2 Å². The van der Waals surface area contributed by atoms with Crippen molar-refractivity contribution in [3.05, 3.63) is 82.3 Å². The van der Waals surface area contributed by atoms with E-state index >= 15 is 0 Å². The van der Waals surface area contributed by atoms with E-state index in [1.165, 1.54) is 12.5 Å². The van der Waals surface area contributed by atoms with Crippen LogP contribution >= 0.6 is 0 Å². The third-order valence-corrected chi connectivity index (χ3v) is 9.43. The molecule has 0 unspecified atom stereocenters. The molecular formula is C33H36O5.